The van der Waals surface area contributed by atoms with E-state index in [2.05, 4.69) is 16.0 Å². The normalized spacial score (nSPS) is 13.8. The Morgan fingerprint density at radius 2 is 1.57 bits per heavy atom. The summed E-state index contributed by atoms with van der Waals surface area (Å²) in [5.41, 5.74) is 0.355. The molecule has 0 saturated heterocycles. The maximum atomic E-state index is 12.8. The first kappa shape index (κ1) is 29.9. The fraction of sp³-hybridized carbons (Fsp3) is 0.615. The molecule has 0 aliphatic heterocycles. The van der Waals surface area contributed by atoms with Crippen molar-refractivity contribution in [3.8, 4) is 0 Å². The maximum Gasteiger partial charge on any atom is 0.407 e. The van der Waals surface area contributed by atoms with Crippen molar-refractivity contribution in [2.75, 3.05) is 13.7 Å². The molecular weight excluding hydrogens is 450 g/mol. The Hall–Kier alpha value is -3.10. The van der Waals surface area contributed by atoms with Gasteiger partial charge in [0.1, 0.15) is 5.60 Å². The molecule has 0 bridgehead atoms. The molecule has 0 spiro atoms. The zero-order valence-corrected chi connectivity index (χ0v) is 22.0. The Kier molecular flexibility index (Phi) is 12.3. The van der Waals surface area contributed by atoms with Crippen molar-refractivity contribution in [2.45, 2.75) is 78.5 Å². The van der Waals surface area contributed by atoms with Crippen LogP contribution in [0.3, 0.4) is 0 Å². The molecule has 1 rings (SSSR count). The lowest BCUT2D eigenvalue weighted by molar-refractivity contribution is -0.141. The SMILES string of the molecule is COC(=O)C[C@H](Cc1ccccc1)NC(=O)C[C@@H](C)NC(=O)[C@@H](CNC(=O)OC(C)(C)C)C(C)C. The van der Waals surface area contributed by atoms with E-state index in [9.17, 15) is 19.2 Å². The summed E-state index contributed by atoms with van der Waals surface area (Å²) in [6.07, 6.45) is -0.0150. The topological polar surface area (TPSA) is 123 Å². The van der Waals surface area contributed by atoms with Gasteiger partial charge in [0.25, 0.3) is 0 Å². The number of benzene rings is 1. The minimum Gasteiger partial charge on any atom is -0.469 e. The summed E-state index contributed by atoms with van der Waals surface area (Å²) in [4.78, 5) is 49.3. The molecule has 3 atom stereocenters. The molecule has 3 N–H and O–H groups in total. The van der Waals surface area contributed by atoms with Crippen LogP contribution in [0.5, 0.6) is 0 Å². The van der Waals surface area contributed by atoms with Crippen molar-refractivity contribution in [1.29, 1.82) is 0 Å². The third-order valence-electron chi connectivity index (χ3n) is 5.22. The molecule has 0 aliphatic rings. The number of ether oxygens (including phenoxy) is 2. The third-order valence-corrected chi connectivity index (χ3v) is 5.22. The van der Waals surface area contributed by atoms with E-state index >= 15 is 0 Å². The van der Waals surface area contributed by atoms with Crippen molar-refractivity contribution in [3.63, 3.8) is 0 Å². The highest BCUT2D eigenvalue weighted by Gasteiger charge is 2.26. The number of nitrogens with one attached hydrogen (secondary N) is 3. The van der Waals surface area contributed by atoms with Gasteiger partial charge in [-0.15, -0.1) is 0 Å². The molecule has 0 unspecified atom stereocenters. The van der Waals surface area contributed by atoms with Crippen molar-refractivity contribution >= 4 is 23.9 Å². The highest BCUT2D eigenvalue weighted by Crippen LogP contribution is 2.13. The molecule has 0 heterocycles. The molecule has 3 amide bonds. The first-order chi connectivity index (χ1) is 16.3. The Morgan fingerprint density at radius 3 is 2.11 bits per heavy atom. The number of hydrogen-bond donors (Lipinski definition) is 3. The number of carbonyl (C=O) groups excluding carboxylic acids is 4. The lowest BCUT2D eigenvalue weighted by atomic mass is 9.94. The summed E-state index contributed by atoms with van der Waals surface area (Å²) in [5, 5.41) is 8.38. The Bertz CT molecular complexity index is 835. The van der Waals surface area contributed by atoms with Crippen LogP contribution in [0, 0.1) is 11.8 Å². The van der Waals surface area contributed by atoms with E-state index in [1.807, 2.05) is 44.2 Å². The van der Waals surface area contributed by atoms with Crippen LogP contribution in [0.2, 0.25) is 0 Å². The van der Waals surface area contributed by atoms with Gasteiger partial charge in [-0.3, -0.25) is 14.4 Å². The van der Waals surface area contributed by atoms with E-state index in [1.54, 1.807) is 27.7 Å². The first-order valence-corrected chi connectivity index (χ1v) is 12.0. The fourth-order valence-electron chi connectivity index (χ4n) is 3.46. The minimum absolute atomic E-state index is 0.0405. The number of amides is 3. The fourth-order valence-corrected chi connectivity index (χ4v) is 3.46. The first-order valence-electron chi connectivity index (χ1n) is 12.0. The monoisotopic (exact) mass is 491 g/mol. The molecule has 9 nitrogen and oxygen atoms in total. The molecular formula is C26H41N3O6. The number of methoxy groups -OCH3 is 1. The predicted molar refractivity (Wildman–Crippen MR) is 133 cm³/mol. The molecule has 9 heteroatoms. The van der Waals surface area contributed by atoms with Gasteiger partial charge in [-0.2, -0.15) is 0 Å². The van der Waals surface area contributed by atoms with E-state index in [1.165, 1.54) is 7.11 Å². The van der Waals surface area contributed by atoms with E-state index < -0.39 is 35.7 Å². The van der Waals surface area contributed by atoms with Gasteiger partial charge in [-0.1, -0.05) is 44.2 Å². The van der Waals surface area contributed by atoms with Crippen LogP contribution in [-0.4, -0.2) is 55.2 Å². The Labute approximate surface area is 208 Å². The summed E-state index contributed by atoms with van der Waals surface area (Å²) in [7, 11) is 1.31. The van der Waals surface area contributed by atoms with Crippen LogP contribution in [0.1, 0.15) is 59.9 Å². The zero-order chi connectivity index (χ0) is 26.6. The second-order valence-corrected chi connectivity index (χ2v) is 10.1. The zero-order valence-electron chi connectivity index (χ0n) is 22.0. The standard InChI is InChI=1S/C26H41N3O6/c1-17(2)21(16-27-25(33)35-26(4,5)6)24(32)28-18(3)13-22(30)29-20(15-23(31)34-7)14-19-11-9-8-10-12-19/h8-12,17-18,20-21H,13-16H2,1-7H3,(H,27,33)(H,28,32)(H,29,30)/t18-,20+,21+/m1/s1. The lowest BCUT2D eigenvalue weighted by Crippen LogP contribution is -2.47. The summed E-state index contributed by atoms with van der Waals surface area (Å²) in [6.45, 7) is 10.9. The third kappa shape index (κ3) is 12.8. The lowest BCUT2D eigenvalue weighted by Gasteiger charge is -2.25. The molecule has 0 aromatic heterocycles. The number of hydrogen-bond acceptors (Lipinski definition) is 6. The number of carbonyl (C=O) groups is 4. The highest BCUT2D eigenvalue weighted by molar-refractivity contribution is 5.82. The van der Waals surface area contributed by atoms with Gasteiger partial charge in [0, 0.05) is 25.0 Å². The average Bonchev–Trinajstić information content (AvgIpc) is 2.72. The highest BCUT2D eigenvalue weighted by atomic mass is 16.6. The van der Waals surface area contributed by atoms with Gasteiger partial charge in [-0.05, 0) is 45.6 Å². The van der Waals surface area contributed by atoms with E-state index in [4.69, 9.17) is 9.47 Å². The molecule has 0 fully saturated rings. The van der Waals surface area contributed by atoms with Crippen LogP contribution >= 0.6 is 0 Å². The Morgan fingerprint density at radius 1 is 0.943 bits per heavy atom. The molecule has 35 heavy (non-hydrogen) atoms. The second kappa shape index (κ2) is 14.3. The van der Waals surface area contributed by atoms with Crippen LogP contribution in [0.15, 0.2) is 30.3 Å². The van der Waals surface area contributed by atoms with Gasteiger partial charge in [0.2, 0.25) is 11.8 Å². The van der Waals surface area contributed by atoms with E-state index in [0.29, 0.717) is 6.42 Å². The van der Waals surface area contributed by atoms with Crippen molar-refractivity contribution in [3.05, 3.63) is 35.9 Å². The largest absolute Gasteiger partial charge is 0.469 e. The molecule has 1 aromatic carbocycles. The maximum absolute atomic E-state index is 12.8. The van der Waals surface area contributed by atoms with Crippen LogP contribution < -0.4 is 16.0 Å². The van der Waals surface area contributed by atoms with Gasteiger partial charge in [0.05, 0.1) is 19.4 Å². The summed E-state index contributed by atoms with van der Waals surface area (Å²) >= 11 is 0. The number of alkyl carbamates (subject to hydrolysis) is 1. The quantitative estimate of drug-likeness (QED) is 0.386. The van der Waals surface area contributed by atoms with Crippen LogP contribution in [-0.2, 0) is 30.3 Å². The number of esters is 1. The summed E-state index contributed by atoms with van der Waals surface area (Å²) in [5.74, 6) is -1.48. The molecule has 0 saturated carbocycles. The summed E-state index contributed by atoms with van der Waals surface area (Å²) in [6, 6.07) is 8.67. The Balaban J connectivity index is 2.65. The van der Waals surface area contributed by atoms with Gasteiger partial charge < -0.3 is 25.4 Å². The van der Waals surface area contributed by atoms with Crippen molar-refractivity contribution in [2.24, 2.45) is 11.8 Å². The average molecular weight is 492 g/mol. The van der Waals surface area contributed by atoms with Crippen LogP contribution in [0.4, 0.5) is 4.79 Å². The molecule has 0 aliphatic carbocycles. The second-order valence-electron chi connectivity index (χ2n) is 10.1. The minimum atomic E-state index is -0.631. The number of rotatable bonds is 12. The predicted octanol–water partition coefficient (Wildman–Crippen LogP) is 2.97. The molecule has 196 valence electrons. The van der Waals surface area contributed by atoms with Gasteiger partial charge in [0.15, 0.2) is 0 Å². The molecule has 1 aromatic rings. The van der Waals surface area contributed by atoms with Gasteiger partial charge >= 0.3 is 12.1 Å². The van der Waals surface area contributed by atoms with Gasteiger partial charge in [-0.25, -0.2) is 4.79 Å². The molecule has 0 radical (unpaired) electrons. The smallest absolute Gasteiger partial charge is 0.407 e. The summed E-state index contributed by atoms with van der Waals surface area (Å²) < 4.78 is 9.99. The van der Waals surface area contributed by atoms with E-state index in [-0.39, 0.29) is 37.1 Å². The van der Waals surface area contributed by atoms with E-state index in [0.717, 1.165) is 5.56 Å². The van der Waals surface area contributed by atoms with Crippen molar-refractivity contribution in [1.82, 2.24) is 16.0 Å². The van der Waals surface area contributed by atoms with Crippen molar-refractivity contribution < 1.29 is 28.7 Å². The van der Waals surface area contributed by atoms with Crippen LogP contribution in [0.25, 0.3) is 0 Å².